The zero-order valence-corrected chi connectivity index (χ0v) is 20.0. The molecule has 0 amide bonds. The van der Waals surface area contributed by atoms with Gasteiger partial charge in [0.2, 0.25) is 5.96 Å². The van der Waals surface area contributed by atoms with Crippen LogP contribution in [0.5, 0.6) is 0 Å². The van der Waals surface area contributed by atoms with E-state index in [0.29, 0.717) is 23.2 Å². The maximum atomic E-state index is 12.1. The third-order valence-electron chi connectivity index (χ3n) is 4.83. The lowest BCUT2D eigenvalue weighted by atomic mass is 10.2. The van der Waals surface area contributed by atoms with Crippen LogP contribution in [0.15, 0.2) is 88.4 Å². The summed E-state index contributed by atoms with van der Waals surface area (Å²) in [5, 5.41) is 10.8. The van der Waals surface area contributed by atoms with Crippen molar-refractivity contribution in [1.29, 1.82) is 0 Å². The molecule has 7 N–H and O–H groups in total. The zero-order chi connectivity index (χ0) is 24.8. The Bertz CT molecular complexity index is 1490. The smallest absolute Gasteiger partial charge is 0.285 e. The SMILES string of the molecule is NC(N)=NS(=O)(=O)c1ccc(Nc2ncnc3ccc(NC(=S)NCc4ccccc4)cc23)cc1. The number of rotatable bonds is 7. The quantitative estimate of drug-likeness (QED) is 0.143. The molecule has 0 unspecified atom stereocenters. The fourth-order valence-corrected chi connectivity index (χ4v) is 4.28. The van der Waals surface area contributed by atoms with Crippen molar-refractivity contribution in [1.82, 2.24) is 15.3 Å². The minimum atomic E-state index is -3.97. The predicted octanol–water partition coefficient (Wildman–Crippen LogP) is 2.82. The van der Waals surface area contributed by atoms with Crippen molar-refractivity contribution in [3.8, 4) is 0 Å². The molecule has 0 aliphatic carbocycles. The second-order valence-electron chi connectivity index (χ2n) is 7.39. The molecular weight excluding hydrogens is 484 g/mol. The summed E-state index contributed by atoms with van der Waals surface area (Å²) in [6, 6.07) is 21.5. The number of guanidine groups is 1. The van der Waals surface area contributed by atoms with Gasteiger partial charge in [0.25, 0.3) is 10.0 Å². The van der Waals surface area contributed by atoms with Crippen LogP contribution in [0.25, 0.3) is 10.9 Å². The molecule has 10 nitrogen and oxygen atoms in total. The van der Waals surface area contributed by atoms with Gasteiger partial charge in [-0.25, -0.2) is 9.97 Å². The van der Waals surface area contributed by atoms with Gasteiger partial charge in [-0.05, 0) is 60.2 Å². The average molecular weight is 507 g/mol. The summed E-state index contributed by atoms with van der Waals surface area (Å²) < 4.78 is 27.5. The highest BCUT2D eigenvalue weighted by molar-refractivity contribution is 7.90. The van der Waals surface area contributed by atoms with Crippen LogP contribution in [-0.4, -0.2) is 29.5 Å². The number of nitrogens with two attached hydrogens (primary N) is 2. The molecule has 0 radical (unpaired) electrons. The number of nitrogens with one attached hydrogen (secondary N) is 3. The van der Waals surface area contributed by atoms with E-state index in [-0.39, 0.29) is 4.90 Å². The molecule has 0 fully saturated rings. The molecule has 0 aliphatic rings. The van der Waals surface area contributed by atoms with Gasteiger partial charge < -0.3 is 27.4 Å². The summed E-state index contributed by atoms with van der Waals surface area (Å²) in [6.45, 7) is 0.602. The van der Waals surface area contributed by atoms with Crippen molar-refractivity contribution in [3.63, 3.8) is 0 Å². The zero-order valence-electron chi connectivity index (χ0n) is 18.3. The van der Waals surface area contributed by atoms with Gasteiger partial charge in [0, 0.05) is 23.3 Å². The fraction of sp³-hybridized carbons (Fsp3) is 0.0435. The average Bonchev–Trinajstić information content (AvgIpc) is 2.83. The van der Waals surface area contributed by atoms with Crippen molar-refractivity contribution >= 4 is 61.4 Å². The number of benzene rings is 3. The number of fused-ring (bicyclic) bond motifs is 1. The van der Waals surface area contributed by atoms with Crippen molar-refractivity contribution in [2.24, 2.45) is 15.9 Å². The van der Waals surface area contributed by atoms with Crippen LogP contribution in [0.4, 0.5) is 17.2 Å². The molecule has 178 valence electrons. The Hall–Kier alpha value is -4.29. The van der Waals surface area contributed by atoms with Crippen LogP contribution >= 0.6 is 12.2 Å². The van der Waals surface area contributed by atoms with Gasteiger partial charge in [-0.1, -0.05) is 30.3 Å². The molecule has 1 aromatic heterocycles. The number of sulfonamides is 1. The van der Waals surface area contributed by atoms with Crippen LogP contribution in [-0.2, 0) is 16.6 Å². The van der Waals surface area contributed by atoms with Gasteiger partial charge in [0.1, 0.15) is 12.1 Å². The van der Waals surface area contributed by atoms with Gasteiger partial charge >= 0.3 is 0 Å². The van der Waals surface area contributed by atoms with E-state index < -0.39 is 16.0 Å². The first-order chi connectivity index (χ1) is 16.8. The largest absolute Gasteiger partial charge is 0.369 e. The molecule has 1 heterocycles. The molecule has 0 atom stereocenters. The number of anilines is 3. The van der Waals surface area contributed by atoms with E-state index in [1.54, 1.807) is 12.1 Å². The van der Waals surface area contributed by atoms with Crippen LogP contribution in [0.2, 0.25) is 0 Å². The van der Waals surface area contributed by atoms with Crippen molar-refractivity contribution < 1.29 is 8.42 Å². The number of aromatic nitrogens is 2. The van der Waals surface area contributed by atoms with Crippen LogP contribution in [0.1, 0.15) is 5.56 Å². The van der Waals surface area contributed by atoms with Crippen LogP contribution < -0.4 is 27.4 Å². The molecule has 3 aromatic carbocycles. The highest BCUT2D eigenvalue weighted by Crippen LogP contribution is 2.26. The number of nitrogens with zero attached hydrogens (tertiary/aromatic N) is 3. The van der Waals surface area contributed by atoms with Crippen LogP contribution in [0.3, 0.4) is 0 Å². The Kier molecular flexibility index (Phi) is 7.03. The number of hydrogen-bond donors (Lipinski definition) is 5. The Morgan fingerprint density at radius 3 is 2.37 bits per heavy atom. The Labute approximate surface area is 207 Å². The second kappa shape index (κ2) is 10.3. The molecule has 35 heavy (non-hydrogen) atoms. The molecule has 0 saturated heterocycles. The molecule has 0 spiro atoms. The molecule has 0 saturated carbocycles. The van der Waals surface area contributed by atoms with Crippen molar-refractivity contribution in [2.45, 2.75) is 11.4 Å². The van der Waals surface area contributed by atoms with Gasteiger partial charge in [0.15, 0.2) is 5.11 Å². The first-order valence-corrected chi connectivity index (χ1v) is 12.2. The lowest BCUT2D eigenvalue weighted by Crippen LogP contribution is -2.27. The Balaban J connectivity index is 1.50. The first kappa shape index (κ1) is 23.9. The molecular formula is C23H22N8O2S2. The van der Waals surface area contributed by atoms with Gasteiger partial charge in [-0.15, -0.1) is 4.40 Å². The lowest BCUT2D eigenvalue weighted by Gasteiger charge is -2.13. The summed E-state index contributed by atoms with van der Waals surface area (Å²) in [4.78, 5) is 8.61. The van der Waals surface area contributed by atoms with Gasteiger partial charge in [-0.2, -0.15) is 8.42 Å². The van der Waals surface area contributed by atoms with E-state index in [9.17, 15) is 8.42 Å². The Morgan fingerprint density at radius 1 is 0.943 bits per heavy atom. The summed E-state index contributed by atoms with van der Waals surface area (Å²) in [7, 11) is -3.97. The Morgan fingerprint density at radius 2 is 1.66 bits per heavy atom. The third-order valence-corrected chi connectivity index (χ3v) is 6.40. The summed E-state index contributed by atoms with van der Waals surface area (Å²) >= 11 is 5.42. The highest BCUT2D eigenvalue weighted by atomic mass is 32.2. The monoisotopic (exact) mass is 506 g/mol. The van der Waals surface area contributed by atoms with Crippen LogP contribution in [0, 0.1) is 0 Å². The molecule has 0 aliphatic heterocycles. The van der Waals surface area contributed by atoms with E-state index in [0.717, 1.165) is 22.2 Å². The lowest BCUT2D eigenvalue weighted by molar-refractivity contribution is 0.598. The summed E-state index contributed by atoms with van der Waals surface area (Å²) in [5.41, 5.74) is 13.6. The first-order valence-electron chi connectivity index (χ1n) is 10.4. The minimum Gasteiger partial charge on any atom is -0.369 e. The van der Waals surface area contributed by atoms with E-state index in [1.165, 1.54) is 18.5 Å². The standard InChI is InChI=1S/C23H22N8O2S2/c24-22(25)31-35(32,33)18-9-6-16(7-10-18)29-21-19-12-17(8-11-20(19)27-14-28-21)30-23(34)26-13-15-4-2-1-3-5-15/h1-12,14H,13H2,(H4,24,25,31)(H2,26,30,34)(H,27,28,29). The third kappa shape index (κ3) is 6.19. The maximum absolute atomic E-state index is 12.1. The second-order valence-corrected chi connectivity index (χ2v) is 9.40. The molecule has 0 bridgehead atoms. The van der Waals surface area contributed by atoms with E-state index >= 15 is 0 Å². The number of thiocarbonyl (C=S) groups is 1. The number of hydrogen-bond acceptors (Lipinski definition) is 6. The van der Waals surface area contributed by atoms with E-state index in [1.807, 2.05) is 48.5 Å². The van der Waals surface area contributed by atoms with Crippen molar-refractivity contribution in [3.05, 3.63) is 84.7 Å². The molecule has 4 aromatic rings. The topological polar surface area (TPSA) is 160 Å². The predicted molar refractivity (Wildman–Crippen MR) is 142 cm³/mol. The fourth-order valence-electron chi connectivity index (χ4n) is 3.23. The molecule has 4 rings (SSSR count). The van der Waals surface area contributed by atoms with E-state index in [4.69, 9.17) is 23.7 Å². The van der Waals surface area contributed by atoms with Gasteiger partial charge in [0.05, 0.1) is 10.4 Å². The minimum absolute atomic E-state index is 0.0352. The highest BCUT2D eigenvalue weighted by Gasteiger charge is 2.13. The summed E-state index contributed by atoms with van der Waals surface area (Å²) in [6.07, 6.45) is 1.45. The normalized spacial score (nSPS) is 11.0. The van der Waals surface area contributed by atoms with Gasteiger partial charge in [-0.3, -0.25) is 0 Å². The maximum Gasteiger partial charge on any atom is 0.285 e. The summed E-state index contributed by atoms with van der Waals surface area (Å²) in [5.74, 6) is 0.0143. The van der Waals surface area contributed by atoms with Crippen molar-refractivity contribution in [2.75, 3.05) is 10.6 Å². The van der Waals surface area contributed by atoms with E-state index in [2.05, 4.69) is 30.3 Å². The molecule has 12 heteroatoms.